The van der Waals surface area contributed by atoms with Gasteiger partial charge in [0.1, 0.15) is 5.60 Å². The number of halogens is 1. The Morgan fingerprint density at radius 1 is 1.10 bits per heavy atom. The van der Waals surface area contributed by atoms with Crippen LogP contribution in [0.25, 0.3) is 0 Å². The lowest BCUT2D eigenvalue weighted by Gasteiger charge is -2.33. The summed E-state index contributed by atoms with van der Waals surface area (Å²) in [4.78, 5) is 21.4. The van der Waals surface area contributed by atoms with Gasteiger partial charge in [-0.3, -0.25) is 9.89 Å². The number of nitrogens with zero attached hydrogens (tertiary/aromatic N) is 3. The molecule has 1 unspecified atom stereocenters. The molecule has 2 rings (SSSR count). The number of carbonyl (C=O) groups is 1. The molecule has 2 heterocycles. The molecule has 2 saturated heterocycles. The summed E-state index contributed by atoms with van der Waals surface area (Å²) in [6, 6.07) is 0.617. The highest BCUT2D eigenvalue weighted by atomic mass is 127. The van der Waals surface area contributed by atoms with Crippen LogP contribution in [0.1, 0.15) is 60.3 Å². The fourth-order valence-electron chi connectivity index (χ4n) is 3.94. The van der Waals surface area contributed by atoms with Crippen LogP contribution < -0.4 is 10.6 Å². The zero-order valence-electron chi connectivity index (χ0n) is 19.0. The predicted molar refractivity (Wildman–Crippen MR) is 130 cm³/mol. The Bertz CT molecular complexity index is 516. The molecule has 7 nitrogen and oxygen atoms in total. The van der Waals surface area contributed by atoms with Crippen LogP contribution in [0, 0.1) is 5.92 Å². The van der Waals surface area contributed by atoms with E-state index in [0.717, 1.165) is 58.1 Å². The van der Waals surface area contributed by atoms with Gasteiger partial charge in [0.25, 0.3) is 0 Å². The van der Waals surface area contributed by atoms with Crippen molar-refractivity contribution in [2.45, 2.75) is 71.9 Å². The van der Waals surface area contributed by atoms with Crippen molar-refractivity contribution in [1.82, 2.24) is 20.4 Å². The second kappa shape index (κ2) is 12.8. The highest BCUT2D eigenvalue weighted by Gasteiger charge is 2.27. The molecular formula is C21H42IN5O2. The van der Waals surface area contributed by atoms with E-state index >= 15 is 0 Å². The lowest BCUT2D eigenvalue weighted by molar-refractivity contribution is 0.0187. The Morgan fingerprint density at radius 3 is 2.38 bits per heavy atom. The van der Waals surface area contributed by atoms with Crippen molar-refractivity contribution >= 4 is 36.0 Å². The molecule has 1 atom stereocenters. The Hall–Kier alpha value is -0.770. The first kappa shape index (κ1) is 26.3. The van der Waals surface area contributed by atoms with E-state index in [4.69, 9.17) is 9.73 Å². The summed E-state index contributed by atoms with van der Waals surface area (Å²) in [6.45, 7) is 16.5. The summed E-state index contributed by atoms with van der Waals surface area (Å²) in [5.41, 5.74) is -0.433. The third-order valence-corrected chi connectivity index (χ3v) is 5.53. The maximum absolute atomic E-state index is 12.2. The average molecular weight is 524 g/mol. The van der Waals surface area contributed by atoms with Crippen LogP contribution >= 0.6 is 24.0 Å². The molecule has 8 heteroatoms. The molecule has 2 fully saturated rings. The van der Waals surface area contributed by atoms with Gasteiger partial charge in [-0.25, -0.2) is 4.79 Å². The summed E-state index contributed by atoms with van der Waals surface area (Å²) in [6.07, 6.45) is 4.33. The van der Waals surface area contributed by atoms with Crippen LogP contribution in [0.15, 0.2) is 4.99 Å². The number of carbonyl (C=O) groups excluding carboxylic acids is 1. The first-order valence-corrected chi connectivity index (χ1v) is 11.1. The van der Waals surface area contributed by atoms with Crippen molar-refractivity contribution in [3.8, 4) is 0 Å². The van der Waals surface area contributed by atoms with E-state index in [9.17, 15) is 4.79 Å². The Morgan fingerprint density at radius 2 is 1.79 bits per heavy atom. The fraction of sp³-hybridized carbons (Fsp3) is 0.905. The minimum atomic E-state index is -0.433. The summed E-state index contributed by atoms with van der Waals surface area (Å²) < 4.78 is 5.48. The monoisotopic (exact) mass is 523 g/mol. The Kier molecular flexibility index (Phi) is 11.6. The molecular weight excluding hydrogens is 481 g/mol. The number of guanidine groups is 1. The number of likely N-dealkylation sites (tertiary alicyclic amines) is 2. The van der Waals surface area contributed by atoms with Gasteiger partial charge in [-0.1, -0.05) is 6.92 Å². The van der Waals surface area contributed by atoms with Gasteiger partial charge in [-0.15, -0.1) is 24.0 Å². The smallest absolute Gasteiger partial charge is 0.410 e. The second-order valence-electron chi connectivity index (χ2n) is 8.94. The minimum Gasteiger partial charge on any atom is -0.444 e. The number of hydrogen-bond donors (Lipinski definition) is 2. The quantitative estimate of drug-likeness (QED) is 0.318. The van der Waals surface area contributed by atoms with Gasteiger partial charge in [-0.05, 0) is 72.4 Å². The molecule has 2 aliphatic heterocycles. The van der Waals surface area contributed by atoms with Gasteiger partial charge in [0.2, 0.25) is 0 Å². The highest BCUT2D eigenvalue weighted by molar-refractivity contribution is 14.0. The molecule has 1 amide bonds. The minimum absolute atomic E-state index is 0. The number of rotatable bonds is 6. The van der Waals surface area contributed by atoms with Crippen LogP contribution in [0.2, 0.25) is 0 Å². The van der Waals surface area contributed by atoms with Gasteiger partial charge < -0.3 is 20.3 Å². The average Bonchev–Trinajstić information content (AvgIpc) is 3.10. The molecule has 2 N–H and O–H groups in total. The topological polar surface area (TPSA) is 69.2 Å². The molecule has 0 saturated carbocycles. The first-order chi connectivity index (χ1) is 13.3. The number of hydrogen-bond acceptors (Lipinski definition) is 4. The van der Waals surface area contributed by atoms with Crippen LogP contribution in [0.5, 0.6) is 0 Å². The standard InChI is InChI=1S/C21H41N5O2.HI/c1-6-22-19(24-16-18-9-8-12-25(18)7-2)23-15-17-10-13-26(14-11-17)20(27)28-21(3,4)5;/h17-18H,6-16H2,1-5H3,(H2,22,23,24);1H. The Labute approximate surface area is 194 Å². The zero-order valence-corrected chi connectivity index (χ0v) is 21.3. The van der Waals surface area contributed by atoms with Crippen LogP contribution in [-0.2, 0) is 4.74 Å². The van der Waals surface area contributed by atoms with Crippen molar-refractivity contribution in [1.29, 1.82) is 0 Å². The van der Waals surface area contributed by atoms with E-state index in [1.165, 1.54) is 19.4 Å². The third kappa shape index (κ3) is 9.27. The first-order valence-electron chi connectivity index (χ1n) is 11.1. The molecule has 29 heavy (non-hydrogen) atoms. The molecule has 0 aromatic heterocycles. The van der Waals surface area contributed by atoms with Gasteiger partial charge in [0.15, 0.2) is 5.96 Å². The SMILES string of the molecule is CCNC(=NCC1CCN(C(=O)OC(C)(C)C)CC1)NCC1CCCN1CC.I. The van der Waals surface area contributed by atoms with Crippen molar-refractivity contribution in [2.75, 3.05) is 45.8 Å². The van der Waals surface area contributed by atoms with Crippen molar-refractivity contribution in [3.05, 3.63) is 0 Å². The van der Waals surface area contributed by atoms with E-state index in [1.54, 1.807) is 0 Å². The number of piperidine rings is 1. The van der Waals surface area contributed by atoms with Gasteiger partial charge in [0, 0.05) is 38.8 Å². The summed E-state index contributed by atoms with van der Waals surface area (Å²) >= 11 is 0. The number of ether oxygens (including phenoxy) is 1. The molecule has 0 aliphatic carbocycles. The molecule has 0 bridgehead atoms. The van der Waals surface area contributed by atoms with E-state index in [2.05, 4.69) is 29.4 Å². The molecule has 0 aromatic rings. The summed E-state index contributed by atoms with van der Waals surface area (Å²) in [5.74, 6) is 1.44. The molecule has 0 aromatic carbocycles. The van der Waals surface area contributed by atoms with Crippen molar-refractivity contribution in [2.24, 2.45) is 10.9 Å². The van der Waals surface area contributed by atoms with E-state index in [0.29, 0.717) is 12.0 Å². The number of aliphatic imine (C=N–C) groups is 1. The normalized spacial score (nSPS) is 21.6. The number of amides is 1. The highest BCUT2D eigenvalue weighted by Crippen LogP contribution is 2.20. The zero-order chi connectivity index (χ0) is 20.6. The van der Waals surface area contributed by atoms with Gasteiger partial charge >= 0.3 is 6.09 Å². The lowest BCUT2D eigenvalue weighted by Crippen LogP contribution is -2.45. The molecule has 2 aliphatic rings. The van der Waals surface area contributed by atoms with Crippen LogP contribution in [0.4, 0.5) is 4.79 Å². The van der Waals surface area contributed by atoms with E-state index in [1.807, 2.05) is 25.7 Å². The van der Waals surface area contributed by atoms with Crippen molar-refractivity contribution in [3.63, 3.8) is 0 Å². The van der Waals surface area contributed by atoms with Crippen LogP contribution in [-0.4, -0.2) is 79.3 Å². The van der Waals surface area contributed by atoms with Crippen LogP contribution in [0.3, 0.4) is 0 Å². The summed E-state index contributed by atoms with van der Waals surface area (Å²) in [5, 5.41) is 6.90. The molecule has 0 spiro atoms. The maximum Gasteiger partial charge on any atom is 0.410 e. The summed E-state index contributed by atoms with van der Waals surface area (Å²) in [7, 11) is 0. The Balaban J connectivity index is 0.00000420. The largest absolute Gasteiger partial charge is 0.444 e. The third-order valence-electron chi connectivity index (χ3n) is 5.53. The van der Waals surface area contributed by atoms with E-state index < -0.39 is 5.60 Å². The van der Waals surface area contributed by atoms with E-state index in [-0.39, 0.29) is 30.1 Å². The van der Waals surface area contributed by atoms with Crippen molar-refractivity contribution < 1.29 is 9.53 Å². The lowest BCUT2D eigenvalue weighted by atomic mass is 9.97. The fourth-order valence-corrected chi connectivity index (χ4v) is 3.94. The second-order valence-corrected chi connectivity index (χ2v) is 8.94. The number of likely N-dealkylation sites (N-methyl/N-ethyl adjacent to an activating group) is 1. The predicted octanol–water partition coefficient (Wildman–Crippen LogP) is 3.29. The maximum atomic E-state index is 12.2. The molecule has 170 valence electrons. The van der Waals surface area contributed by atoms with Gasteiger partial charge in [0.05, 0.1) is 0 Å². The molecule has 0 radical (unpaired) electrons. The number of nitrogens with one attached hydrogen (secondary N) is 2. The van der Waals surface area contributed by atoms with Gasteiger partial charge in [-0.2, -0.15) is 0 Å².